The molecule has 0 unspecified atom stereocenters. The molecule has 0 atom stereocenters. The first-order chi connectivity index (χ1) is 9.84. The Bertz CT molecular complexity index is 738. The van der Waals surface area contributed by atoms with Crippen molar-refractivity contribution in [2.24, 2.45) is 0 Å². The Morgan fingerprint density at radius 2 is 1.95 bits per heavy atom. The van der Waals surface area contributed by atoms with E-state index in [1.54, 1.807) is 6.07 Å². The number of aryl methyl sites for hydroxylation is 2. The van der Waals surface area contributed by atoms with Crippen molar-refractivity contribution in [2.45, 2.75) is 32.2 Å². The second-order valence-corrected chi connectivity index (χ2v) is 9.43. The average Bonchev–Trinajstić information content (AvgIpc) is 2.75. The molecule has 3 nitrogen and oxygen atoms in total. The lowest BCUT2D eigenvalue weighted by atomic mass is 10.1. The lowest BCUT2D eigenvalue weighted by Gasteiger charge is -2.20. The smallest absolute Gasteiger partial charge is 0.207 e. The van der Waals surface area contributed by atoms with Crippen LogP contribution in [-0.2, 0) is 16.6 Å². The first kappa shape index (κ1) is 16.7. The van der Waals surface area contributed by atoms with Crippen LogP contribution in [0.3, 0.4) is 0 Å². The van der Waals surface area contributed by atoms with Gasteiger partial charge in [0.1, 0.15) is 0 Å². The summed E-state index contributed by atoms with van der Waals surface area (Å²) in [6.07, 6.45) is 0. The molecule has 0 N–H and O–H groups in total. The van der Waals surface area contributed by atoms with Gasteiger partial charge in [0.2, 0.25) is 10.0 Å². The summed E-state index contributed by atoms with van der Waals surface area (Å²) < 4.78 is 28.0. The van der Waals surface area contributed by atoms with Gasteiger partial charge >= 0.3 is 0 Å². The molecule has 0 saturated carbocycles. The van der Waals surface area contributed by atoms with Crippen molar-refractivity contribution in [3.63, 3.8) is 0 Å². The summed E-state index contributed by atoms with van der Waals surface area (Å²) in [5.41, 5.74) is 2.14. The number of benzene rings is 1. The molecule has 6 heteroatoms. The van der Waals surface area contributed by atoms with Crippen LogP contribution in [0.2, 0.25) is 0 Å². The Balaban J connectivity index is 2.34. The number of thiophene rings is 1. The highest BCUT2D eigenvalue weighted by molar-refractivity contribution is 9.11. The predicted molar refractivity (Wildman–Crippen MR) is 91.2 cm³/mol. The number of halogens is 1. The molecule has 2 aromatic rings. The fourth-order valence-corrected chi connectivity index (χ4v) is 6.03. The van der Waals surface area contributed by atoms with E-state index in [1.165, 1.54) is 15.6 Å². The second-order valence-electron chi connectivity index (χ2n) is 4.89. The van der Waals surface area contributed by atoms with Gasteiger partial charge in [-0.2, -0.15) is 4.31 Å². The van der Waals surface area contributed by atoms with Crippen LogP contribution in [0.5, 0.6) is 0 Å². The number of hydrogen-bond acceptors (Lipinski definition) is 3. The molecule has 0 amide bonds. The zero-order valence-corrected chi connectivity index (χ0v) is 15.5. The van der Waals surface area contributed by atoms with Crippen LogP contribution in [0.25, 0.3) is 0 Å². The van der Waals surface area contributed by atoms with E-state index in [0.717, 1.165) is 19.8 Å². The summed E-state index contributed by atoms with van der Waals surface area (Å²) >= 11 is 4.80. The first-order valence-corrected chi connectivity index (χ1v) is 9.71. The lowest BCUT2D eigenvalue weighted by molar-refractivity contribution is 0.423. The molecule has 1 aromatic carbocycles. The van der Waals surface area contributed by atoms with Crippen molar-refractivity contribution in [3.05, 3.63) is 50.1 Å². The molecule has 1 heterocycles. The van der Waals surface area contributed by atoms with E-state index in [1.807, 2.05) is 45.0 Å². The number of rotatable bonds is 5. The molecule has 114 valence electrons. The van der Waals surface area contributed by atoms with E-state index < -0.39 is 10.0 Å². The fourth-order valence-electron chi connectivity index (χ4n) is 2.21. The largest absolute Gasteiger partial charge is 0.244 e. The van der Waals surface area contributed by atoms with E-state index >= 15 is 0 Å². The minimum Gasteiger partial charge on any atom is -0.207 e. The van der Waals surface area contributed by atoms with Crippen LogP contribution >= 0.6 is 27.3 Å². The molecule has 2 rings (SSSR count). The molecule has 0 saturated heterocycles. The quantitative estimate of drug-likeness (QED) is 0.764. The van der Waals surface area contributed by atoms with Gasteiger partial charge in [-0.25, -0.2) is 8.42 Å². The van der Waals surface area contributed by atoms with E-state index in [0.29, 0.717) is 18.0 Å². The second kappa shape index (κ2) is 6.60. The van der Waals surface area contributed by atoms with Gasteiger partial charge in [0.25, 0.3) is 0 Å². The van der Waals surface area contributed by atoms with Gasteiger partial charge in [0.15, 0.2) is 0 Å². The summed E-state index contributed by atoms with van der Waals surface area (Å²) in [7, 11) is -3.46. The average molecular weight is 388 g/mol. The van der Waals surface area contributed by atoms with Crippen LogP contribution < -0.4 is 0 Å². The summed E-state index contributed by atoms with van der Waals surface area (Å²) in [5.74, 6) is 0. The maximum Gasteiger partial charge on any atom is 0.244 e. The van der Waals surface area contributed by atoms with E-state index in [2.05, 4.69) is 15.9 Å². The highest BCUT2D eigenvalue weighted by Gasteiger charge is 2.26. The normalized spacial score (nSPS) is 12.0. The standard InChI is InChI=1S/C15H18BrNO2S2/c1-4-17(10-13-7-5-6-11(2)8-13)21(18,19)14-9-15(16)20-12(14)3/h5-9H,4,10H2,1-3H3. The van der Waals surface area contributed by atoms with Crippen LogP contribution in [0.1, 0.15) is 22.9 Å². The monoisotopic (exact) mass is 387 g/mol. The zero-order valence-electron chi connectivity index (χ0n) is 12.3. The third-order valence-corrected chi connectivity index (χ3v) is 6.98. The maximum absolute atomic E-state index is 12.8. The van der Waals surface area contributed by atoms with Crippen LogP contribution in [-0.4, -0.2) is 19.3 Å². The summed E-state index contributed by atoms with van der Waals surface area (Å²) in [6, 6.07) is 9.64. The number of nitrogens with zero attached hydrogens (tertiary/aromatic N) is 1. The number of sulfonamides is 1. The first-order valence-electron chi connectivity index (χ1n) is 6.66. The summed E-state index contributed by atoms with van der Waals surface area (Å²) in [4.78, 5) is 1.21. The Labute approximate surface area is 138 Å². The van der Waals surface area contributed by atoms with Gasteiger partial charge in [-0.1, -0.05) is 36.8 Å². The molecular weight excluding hydrogens is 370 g/mol. The SMILES string of the molecule is CCN(Cc1cccc(C)c1)S(=O)(=O)c1cc(Br)sc1C. The van der Waals surface area contributed by atoms with Crippen molar-refractivity contribution in [3.8, 4) is 0 Å². The van der Waals surface area contributed by atoms with Gasteiger partial charge in [-0.15, -0.1) is 11.3 Å². The van der Waals surface area contributed by atoms with E-state index in [4.69, 9.17) is 0 Å². The van der Waals surface area contributed by atoms with Crippen molar-refractivity contribution < 1.29 is 8.42 Å². The lowest BCUT2D eigenvalue weighted by Crippen LogP contribution is -2.30. The van der Waals surface area contributed by atoms with Gasteiger partial charge in [0.05, 0.1) is 8.68 Å². The van der Waals surface area contributed by atoms with Gasteiger partial charge < -0.3 is 0 Å². The Morgan fingerprint density at radius 3 is 2.48 bits per heavy atom. The molecule has 0 fully saturated rings. The molecule has 21 heavy (non-hydrogen) atoms. The fraction of sp³-hybridized carbons (Fsp3) is 0.333. The molecule has 0 aliphatic heterocycles. The molecule has 0 spiro atoms. The summed E-state index contributed by atoms with van der Waals surface area (Å²) in [6.45, 7) is 6.55. The highest BCUT2D eigenvalue weighted by atomic mass is 79.9. The Morgan fingerprint density at radius 1 is 1.24 bits per heavy atom. The van der Waals surface area contributed by atoms with Crippen LogP contribution in [0.4, 0.5) is 0 Å². The van der Waals surface area contributed by atoms with Crippen LogP contribution in [0, 0.1) is 13.8 Å². The highest BCUT2D eigenvalue weighted by Crippen LogP contribution is 2.32. The minimum atomic E-state index is -3.46. The Hall–Kier alpha value is -0.690. The van der Waals surface area contributed by atoms with Crippen molar-refractivity contribution >= 4 is 37.3 Å². The van der Waals surface area contributed by atoms with E-state index in [9.17, 15) is 8.42 Å². The third-order valence-electron chi connectivity index (χ3n) is 3.25. The van der Waals surface area contributed by atoms with Crippen molar-refractivity contribution in [2.75, 3.05) is 6.54 Å². The zero-order chi connectivity index (χ0) is 15.6. The van der Waals surface area contributed by atoms with Crippen molar-refractivity contribution in [1.29, 1.82) is 0 Å². The Kier molecular flexibility index (Phi) is 5.24. The molecule has 0 aliphatic rings. The molecule has 1 aromatic heterocycles. The van der Waals surface area contributed by atoms with Crippen LogP contribution in [0.15, 0.2) is 39.0 Å². The summed E-state index contributed by atoms with van der Waals surface area (Å²) in [5, 5.41) is 0. The van der Waals surface area contributed by atoms with E-state index in [-0.39, 0.29) is 0 Å². The topological polar surface area (TPSA) is 37.4 Å². The molecule has 0 bridgehead atoms. The molecular formula is C15H18BrNO2S2. The predicted octanol–water partition coefficient (Wildman–Crippen LogP) is 4.34. The molecule has 0 radical (unpaired) electrons. The number of hydrogen-bond donors (Lipinski definition) is 0. The maximum atomic E-state index is 12.8. The molecule has 0 aliphatic carbocycles. The van der Waals surface area contributed by atoms with Crippen molar-refractivity contribution in [1.82, 2.24) is 4.31 Å². The van der Waals surface area contributed by atoms with Gasteiger partial charge in [-0.05, 0) is 41.4 Å². The van der Waals surface area contributed by atoms with Gasteiger partial charge in [0, 0.05) is 18.0 Å². The van der Waals surface area contributed by atoms with Gasteiger partial charge in [-0.3, -0.25) is 0 Å². The third kappa shape index (κ3) is 3.74. The minimum absolute atomic E-state index is 0.396.